The predicted molar refractivity (Wildman–Crippen MR) is 108 cm³/mol. The number of hydrogen-bond donors (Lipinski definition) is 1. The number of aromatic nitrogens is 4. The maximum Gasteiger partial charge on any atom is 0.0979 e. The smallest absolute Gasteiger partial charge is 0.0979 e. The molecule has 5 heteroatoms. The van der Waals surface area contributed by atoms with Crippen LogP contribution in [-0.4, -0.2) is 38.5 Å². The summed E-state index contributed by atoms with van der Waals surface area (Å²) in [5.74, 6) is 0. The number of benzene rings is 2. The molecule has 5 nitrogen and oxygen atoms in total. The van der Waals surface area contributed by atoms with Gasteiger partial charge in [0.2, 0.25) is 0 Å². The third-order valence-electron chi connectivity index (χ3n) is 4.58. The second-order valence-electron chi connectivity index (χ2n) is 6.91. The van der Waals surface area contributed by atoms with E-state index in [0.717, 1.165) is 35.7 Å². The average Bonchev–Trinajstić information content (AvgIpc) is 3.33. The summed E-state index contributed by atoms with van der Waals surface area (Å²) in [4.78, 5) is 14.4. The van der Waals surface area contributed by atoms with Gasteiger partial charge in [0.05, 0.1) is 35.9 Å². The Bertz CT molecular complexity index is 1000. The zero-order valence-corrected chi connectivity index (χ0v) is 15.6. The standard InChI is InChI=1S/C22H23N5/c1-26(2)13-18-10-6-7-11-19(18)14-27-16-25-21(17-8-4-3-5-9-17)22(27)20-12-23-15-24-20/h3-12,15-16H,13-14H2,1-2H3,(H,23,24). The van der Waals surface area contributed by atoms with Crippen molar-refractivity contribution in [2.75, 3.05) is 14.1 Å². The zero-order chi connectivity index (χ0) is 18.6. The summed E-state index contributed by atoms with van der Waals surface area (Å²) in [5, 5.41) is 0. The number of rotatable bonds is 6. The Morgan fingerprint density at radius 1 is 0.963 bits per heavy atom. The Balaban J connectivity index is 1.78. The molecule has 27 heavy (non-hydrogen) atoms. The van der Waals surface area contributed by atoms with Crippen LogP contribution in [0.3, 0.4) is 0 Å². The summed E-state index contributed by atoms with van der Waals surface area (Å²) in [6.45, 7) is 1.67. The van der Waals surface area contributed by atoms with Crippen molar-refractivity contribution < 1.29 is 0 Å². The third kappa shape index (κ3) is 3.68. The number of nitrogens with zero attached hydrogens (tertiary/aromatic N) is 4. The Labute approximate surface area is 159 Å². The fourth-order valence-electron chi connectivity index (χ4n) is 3.37. The van der Waals surface area contributed by atoms with Gasteiger partial charge in [0.25, 0.3) is 0 Å². The van der Waals surface area contributed by atoms with Crippen molar-refractivity contribution in [3.05, 3.63) is 84.6 Å². The molecule has 4 aromatic rings. The van der Waals surface area contributed by atoms with Crippen molar-refractivity contribution in [2.45, 2.75) is 13.1 Å². The lowest BCUT2D eigenvalue weighted by Gasteiger charge is -2.16. The molecule has 2 aromatic carbocycles. The van der Waals surface area contributed by atoms with Crippen LogP contribution in [0.4, 0.5) is 0 Å². The Morgan fingerprint density at radius 2 is 1.70 bits per heavy atom. The fraction of sp³-hybridized carbons (Fsp3) is 0.182. The normalized spacial score (nSPS) is 11.2. The van der Waals surface area contributed by atoms with Crippen LogP contribution in [0.25, 0.3) is 22.6 Å². The van der Waals surface area contributed by atoms with Crippen LogP contribution in [0.15, 0.2) is 73.4 Å². The van der Waals surface area contributed by atoms with Gasteiger partial charge in [-0.1, -0.05) is 54.6 Å². The molecular formula is C22H23N5. The molecule has 4 rings (SSSR count). The van der Waals surface area contributed by atoms with E-state index in [4.69, 9.17) is 4.98 Å². The van der Waals surface area contributed by atoms with Crippen LogP contribution in [-0.2, 0) is 13.1 Å². The van der Waals surface area contributed by atoms with E-state index in [1.54, 1.807) is 6.33 Å². The summed E-state index contributed by atoms with van der Waals surface area (Å²) in [6.07, 6.45) is 5.48. The molecule has 136 valence electrons. The molecule has 0 atom stereocenters. The van der Waals surface area contributed by atoms with E-state index in [9.17, 15) is 0 Å². The summed E-state index contributed by atoms with van der Waals surface area (Å²) >= 11 is 0. The highest BCUT2D eigenvalue weighted by Gasteiger charge is 2.17. The van der Waals surface area contributed by atoms with Crippen molar-refractivity contribution in [3.63, 3.8) is 0 Å². The molecule has 0 unspecified atom stereocenters. The quantitative estimate of drug-likeness (QED) is 0.566. The molecule has 0 amide bonds. The molecule has 0 saturated carbocycles. The van der Waals surface area contributed by atoms with Gasteiger partial charge in [0, 0.05) is 18.7 Å². The predicted octanol–water partition coefficient (Wildman–Crippen LogP) is 4.05. The van der Waals surface area contributed by atoms with Gasteiger partial charge in [-0.15, -0.1) is 0 Å². The molecular weight excluding hydrogens is 334 g/mol. The van der Waals surface area contributed by atoms with E-state index in [2.05, 4.69) is 69.9 Å². The topological polar surface area (TPSA) is 49.7 Å². The minimum absolute atomic E-state index is 0.762. The summed E-state index contributed by atoms with van der Waals surface area (Å²) in [6, 6.07) is 18.9. The number of H-pyrrole nitrogens is 1. The van der Waals surface area contributed by atoms with Gasteiger partial charge in [0.1, 0.15) is 0 Å². The van der Waals surface area contributed by atoms with Crippen molar-refractivity contribution in [3.8, 4) is 22.6 Å². The molecule has 0 saturated heterocycles. The van der Waals surface area contributed by atoms with Gasteiger partial charge in [-0.25, -0.2) is 9.97 Å². The van der Waals surface area contributed by atoms with E-state index < -0.39 is 0 Å². The Morgan fingerprint density at radius 3 is 2.41 bits per heavy atom. The first-order chi connectivity index (χ1) is 13.2. The van der Waals surface area contributed by atoms with E-state index >= 15 is 0 Å². The maximum atomic E-state index is 4.73. The van der Waals surface area contributed by atoms with Gasteiger partial charge in [-0.3, -0.25) is 0 Å². The molecule has 0 spiro atoms. The van der Waals surface area contributed by atoms with E-state index in [-0.39, 0.29) is 0 Å². The van der Waals surface area contributed by atoms with E-state index in [1.807, 2.05) is 30.7 Å². The Kier molecular flexibility index (Phi) is 4.85. The SMILES string of the molecule is CN(C)Cc1ccccc1Cn1cnc(-c2ccccc2)c1-c1cnc[nH]1. The first kappa shape index (κ1) is 17.2. The average molecular weight is 357 g/mol. The minimum Gasteiger partial charge on any atom is -0.343 e. The first-order valence-electron chi connectivity index (χ1n) is 9.03. The van der Waals surface area contributed by atoms with Crippen LogP contribution in [0.5, 0.6) is 0 Å². The summed E-state index contributed by atoms with van der Waals surface area (Å²) in [5.41, 5.74) is 6.71. The number of imidazole rings is 2. The molecule has 0 aliphatic carbocycles. The highest BCUT2D eigenvalue weighted by atomic mass is 15.1. The van der Waals surface area contributed by atoms with E-state index in [1.165, 1.54) is 11.1 Å². The van der Waals surface area contributed by atoms with Crippen LogP contribution in [0, 0.1) is 0 Å². The van der Waals surface area contributed by atoms with Crippen LogP contribution in [0.2, 0.25) is 0 Å². The Hall–Kier alpha value is -3.18. The fourth-order valence-corrected chi connectivity index (χ4v) is 3.37. The van der Waals surface area contributed by atoms with Gasteiger partial charge in [-0.05, 0) is 25.2 Å². The number of aromatic amines is 1. The highest BCUT2D eigenvalue weighted by Crippen LogP contribution is 2.30. The second kappa shape index (κ2) is 7.60. The van der Waals surface area contributed by atoms with Crippen LogP contribution < -0.4 is 0 Å². The van der Waals surface area contributed by atoms with Crippen molar-refractivity contribution in [1.29, 1.82) is 0 Å². The molecule has 2 aromatic heterocycles. The summed E-state index contributed by atoms with van der Waals surface area (Å²) < 4.78 is 2.20. The second-order valence-corrected chi connectivity index (χ2v) is 6.91. The molecule has 0 bridgehead atoms. The van der Waals surface area contributed by atoms with E-state index in [0.29, 0.717) is 0 Å². The van der Waals surface area contributed by atoms with Gasteiger partial charge in [0.15, 0.2) is 0 Å². The van der Waals surface area contributed by atoms with Crippen molar-refractivity contribution in [2.24, 2.45) is 0 Å². The first-order valence-corrected chi connectivity index (χ1v) is 9.03. The summed E-state index contributed by atoms with van der Waals surface area (Å²) in [7, 11) is 4.19. The lowest BCUT2D eigenvalue weighted by molar-refractivity contribution is 0.400. The number of nitrogens with one attached hydrogen (secondary N) is 1. The highest BCUT2D eigenvalue weighted by molar-refractivity contribution is 5.76. The minimum atomic E-state index is 0.762. The van der Waals surface area contributed by atoms with Crippen molar-refractivity contribution in [1.82, 2.24) is 24.4 Å². The number of hydrogen-bond acceptors (Lipinski definition) is 3. The third-order valence-corrected chi connectivity index (χ3v) is 4.58. The maximum absolute atomic E-state index is 4.73. The molecule has 1 N–H and O–H groups in total. The monoisotopic (exact) mass is 357 g/mol. The zero-order valence-electron chi connectivity index (χ0n) is 15.6. The van der Waals surface area contributed by atoms with Gasteiger partial charge >= 0.3 is 0 Å². The van der Waals surface area contributed by atoms with Gasteiger partial charge in [-0.2, -0.15) is 0 Å². The van der Waals surface area contributed by atoms with Crippen LogP contribution in [0.1, 0.15) is 11.1 Å². The van der Waals surface area contributed by atoms with Gasteiger partial charge < -0.3 is 14.5 Å². The van der Waals surface area contributed by atoms with Crippen molar-refractivity contribution >= 4 is 0 Å². The lowest BCUT2D eigenvalue weighted by Crippen LogP contribution is -2.13. The molecule has 2 heterocycles. The lowest BCUT2D eigenvalue weighted by atomic mass is 10.1. The molecule has 0 aliphatic rings. The molecule has 0 aliphatic heterocycles. The molecule has 0 radical (unpaired) electrons. The molecule has 0 fully saturated rings. The largest absolute Gasteiger partial charge is 0.343 e. The van der Waals surface area contributed by atoms with Crippen LogP contribution >= 0.6 is 0 Å².